The first kappa shape index (κ1) is 19.2. The Bertz CT molecular complexity index is 992. The fourth-order valence-electron chi connectivity index (χ4n) is 4.16. The second kappa shape index (κ2) is 7.01. The second-order valence-electron chi connectivity index (χ2n) is 8.32. The number of hydrogen-bond acceptors (Lipinski definition) is 3. The lowest BCUT2D eigenvalue weighted by atomic mass is 9.86. The number of sulfonamides is 1. The van der Waals surface area contributed by atoms with Gasteiger partial charge in [-0.15, -0.1) is 0 Å². The molecule has 1 amide bonds. The Balaban J connectivity index is 1.48. The smallest absolute Gasteiger partial charge is 0.243 e. The fraction of sp³-hybridized carbons (Fsp3) is 0.409. The summed E-state index contributed by atoms with van der Waals surface area (Å²) < 4.78 is 27.9. The van der Waals surface area contributed by atoms with Crippen molar-refractivity contribution in [3.05, 3.63) is 59.7 Å². The van der Waals surface area contributed by atoms with Gasteiger partial charge in [0.15, 0.2) is 0 Å². The van der Waals surface area contributed by atoms with E-state index in [1.165, 1.54) is 5.56 Å². The minimum Gasteiger partial charge on any atom is -0.325 e. The molecule has 2 aromatic rings. The van der Waals surface area contributed by atoms with Gasteiger partial charge in [0.1, 0.15) is 0 Å². The maximum Gasteiger partial charge on any atom is 0.243 e. The van der Waals surface area contributed by atoms with Crippen LogP contribution in [0.3, 0.4) is 0 Å². The van der Waals surface area contributed by atoms with E-state index in [0.29, 0.717) is 24.7 Å². The molecule has 148 valence electrons. The monoisotopic (exact) mass is 398 g/mol. The first-order valence-electron chi connectivity index (χ1n) is 9.78. The van der Waals surface area contributed by atoms with Crippen molar-refractivity contribution in [1.29, 1.82) is 0 Å². The fourth-order valence-corrected chi connectivity index (χ4v) is 5.66. The summed E-state index contributed by atoms with van der Waals surface area (Å²) in [4.78, 5) is 12.4. The molecule has 1 fully saturated rings. The number of nitrogens with one attached hydrogen (secondary N) is 1. The number of piperidine rings is 1. The van der Waals surface area contributed by atoms with Crippen LogP contribution < -0.4 is 5.32 Å². The summed E-state index contributed by atoms with van der Waals surface area (Å²) in [5.74, 6) is 0.411. The van der Waals surface area contributed by atoms with Crippen molar-refractivity contribution in [2.45, 2.75) is 43.4 Å². The first-order valence-corrected chi connectivity index (χ1v) is 11.2. The highest BCUT2D eigenvalue weighted by Gasteiger charge is 2.39. The van der Waals surface area contributed by atoms with Crippen LogP contribution in [0.1, 0.15) is 37.8 Å². The van der Waals surface area contributed by atoms with Gasteiger partial charge in [0, 0.05) is 18.8 Å². The van der Waals surface area contributed by atoms with Gasteiger partial charge in [0.2, 0.25) is 15.9 Å². The van der Waals surface area contributed by atoms with Gasteiger partial charge in [-0.3, -0.25) is 4.79 Å². The quantitative estimate of drug-likeness (QED) is 0.856. The minimum absolute atomic E-state index is 0.0984. The van der Waals surface area contributed by atoms with Crippen LogP contribution >= 0.6 is 0 Å². The van der Waals surface area contributed by atoms with Crippen molar-refractivity contribution in [3.8, 4) is 0 Å². The minimum atomic E-state index is -3.55. The molecule has 0 spiro atoms. The van der Waals surface area contributed by atoms with Crippen LogP contribution in [0.4, 0.5) is 5.69 Å². The molecule has 2 aliphatic rings. The molecule has 0 aliphatic carbocycles. The molecular weight excluding hydrogens is 372 g/mol. The number of rotatable bonds is 4. The van der Waals surface area contributed by atoms with Crippen molar-refractivity contribution in [3.63, 3.8) is 0 Å². The lowest BCUT2D eigenvalue weighted by Crippen LogP contribution is -2.39. The van der Waals surface area contributed by atoms with Crippen LogP contribution in [0.5, 0.6) is 0 Å². The van der Waals surface area contributed by atoms with Gasteiger partial charge >= 0.3 is 0 Å². The van der Waals surface area contributed by atoms with Gasteiger partial charge in [0.25, 0.3) is 0 Å². The summed E-state index contributed by atoms with van der Waals surface area (Å²) in [5, 5.41) is 2.83. The number of nitrogens with zero attached hydrogens (tertiary/aromatic N) is 1. The molecule has 28 heavy (non-hydrogen) atoms. The zero-order valence-corrected chi connectivity index (χ0v) is 17.1. The molecular formula is C22H26N2O3S. The Morgan fingerprint density at radius 1 is 1.07 bits per heavy atom. The van der Waals surface area contributed by atoms with E-state index in [4.69, 9.17) is 0 Å². The maximum absolute atomic E-state index is 13.2. The summed E-state index contributed by atoms with van der Waals surface area (Å²) in [5.41, 5.74) is 2.04. The van der Waals surface area contributed by atoms with Gasteiger partial charge in [-0.05, 0) is 68.4 Å². The summed E-state index contributed by atoms with van der Waals surface area (Å²) in [6, 6.07) is 15.3. The van der Waals surface area contributed by atoms with Crippen molar-refractivity contribution in [2.24, 2.45) is 5.92 Å². The van der Waals surface area contributed by atoms with Crippen molar-refractivity contribution >= 4 is 21.6 Å². The van der Waals surface area contributed by atoms with E-state index in [1.807, 2.05) is 32.0 Å². The molecule has 1 saturated heterocycles. The van der Waals surface area contributed by atoms with E-state index in [1.54, 1.807) is 22.5 Å². The Labute approximate surface area is 166 Å². The molecule has 6 heteroatoms. The van der Waals surface area contributed by atoms with E-state index in [9.17, 15) is 13.2 Å². The molecule has 1 N–H and O–H groups in total. The highest BCUT2D eigenvalue weighted by atomic mass is 32.2. The molecule has 4 rings (SSSR count). The van der Waals surface area contributed by atoms with Gasteiger partial charge < -0.3 is 5.32 Å². The van der Waals surface area contributed by atoms with Crippen molar-refractivity contribution < 1.29 is 13.2 Å². The molecule has 0 radical (unpaired) electrons. The van der Waals surface area contributed by atoms with Crippen LogP contribution in [0, 0.1) is 5.92 Å². The predicted molar refractivity (Wildman–Crippen MR) is 110 cm³/mol. The van der Waals surface area contributed by atoms with Gasteiger partial charge in [0.05, 0.1) is 10.3 Å². The zero-order valence-electron chi connectivity index (χ0n) is 16.3. The summed E-state index contributed by atoms with van der Waals surface area (Å²) in [7, 11) is -3.55. The third-order valence-electron chi connectivity index (χ3n) is 6.06. The topological polar surface area (TPSA) is 66.5 Å². The Hall–Kier alpha value is -2.18. The third-order valence-corrected chi connectivity index (χ3v) is 7.95. The van der Waals surface area contributed by atoms with Crippen LogP contribution in [0.2, 0.25) is 0 Å². The van der Waals surface area contributed by atoms with Crippen LogP contribution in [0.25, 0.3) is 0 Å². The van der Waals surface area contributed by atoms with E-state index in [-0.39, 0.29) is 10.8 Å². The number of fused-ring (bicyclic) bond motifs is 1. The third kappa shape index (κ3) is 3.35. The predicted octanol–water partition coefficient (Wildman–Crippen LogP) is 3.56. The Kier molecular flexibility index (Phi) is 4.79. The van der Waals surface area contributed by atoms with Crippen LogP contribution in [-0.2, 0) is 26.7 Å². The van der Waals surface area contributed by atoms with Gasteiger partial charge in [-0.2, -0.15) is 4.31 Å². The SMILES string of the molecule is CC1(C)C(=O)Nc2ccc(S(=O)(=O)N3CCC(Cc4ccccc4)CC3)cc21. The Morgan fingerprint density at radius 2 is 1.75 bits per heavy atom. The zero-order chi connectivity index (χ0) is 19.9. The molecule has 5 nitrogen and oxygen atoms in total. The average Bonchev–Trinajstić information content (AvgIpc) is 2.91. The number of hydrogen-bond donors (Lipinski definition) is 1. The van der Waals surface area contributed by atoms with Gasteiger partial charge in [-0.1, -0.05) is 30.3 Å². The normalized spacial score (nSPS) is 20.0. The Morgan fingerprint density at radius 3 is 2.43 bits per heavy atom. The number of anilines is 1. The lowest BCUT2D eigenvalue weighted by molar-refractivity contribution is -0.119. The van der Waals surface area contributed by atoms with Crippen LogP contribution in [0.15, 0.2) is 53.4 Å². The van der Waals surface area contributed by atoms with E-state index in [2.05, 4.69) is 17.4 Å². The molecule has 0 bridgehead atoms. The summed E-state index contributed by atoms with van der Waals surface area (Å²) >= 11 is 0. The van der Waals surface area contributed by atoms with Crippen molar-refractivity contribution in [2.75, 3.05) is 18.4 Å². The largest absolute Gasteiger partial charge is 0.325 e. The molecule has 0 saturated carbocycles. The molecule has 2 heterocycles. The highest BCUT2D eigenvalue weighted by Crippen LogP contribution is 2.39. The van der Waals surface area contributed by atoms with E-state index >= 15 is 0 Å². The molecule has 0 unspecified atom stereocenters. The molecule has 2 aromatic carbocycles. The van der Waals surface area contributed by atoms with Crippen LogP contribution in [-0.4, -0.2) is 31.7 Å². The van der Waals surface area contributed by atoms with Gasteiger partial charge in [-0.25, -0.2) is 8.42 Å². The first-order chi connectivity index (χ1) is 13.3. The number of carbonyl (C=O) groups is 1. The standard InChI is InChI=1S/C22H26N2O3S/c1-22(2)19-15-18(8-9-20(19)23-21(22)25)28(26,27)24-12-10-17(11-13-24)14-16-6-4-3-5-7-16/h3-9,15,17H,10-14H2,1-2H3,(H,23,25). The lowest BCUT2D eigenvalue weighted by Gasteiger charge is -2.31. The molecule has 2 aliphatic heterocycles. The summed E-state index contributed by atoms with van der Waals surface area (Å²) in [6.45, 7) is 4.72. The van der Waals surface area contributed by atoms with E-state index < -0.39 is 15.4 Å². The number of carbonyl (C=O) groups excluding carboxylic acids is 1. The average molecular weight is 399 g/mol. The van der Waals surface area contributed by atoms with Crippen molar-refractivity contribution in [1.82, 2.24) is 4.31 Å². The highest BCUT2D eigenvalue weighted by molar-refractivity contribution is 7.89. The second-order valence-corrected chi connectivity index (χ2v) is 10.3. The number of benzene rings is 2. The molecule has 0 aromatic heterocycles. The maximum atomic E-state index is 13.2. The number of amides is 1. The summed E-state index contributed by atoms with van der Waals surface area (Å²) in [6.07, 6.45) is 2.73. The van der Waals surface area contributed by atoms with E-state index in [0.717, 1.165) is 24.8 Å². The molecule has 0 atom stereocenters.